The molecule has 2 aliphatic heterocycles. The zero-order valence-electron chi connectivity index (χ0n) is 13.0. The van der Waals surface area contributed by atoms with Crippen molar-refractivity contribution in [2.75, 3.05) is 27.2 Å². The van der Waals surface area contributed by atoms with Gasteiger partial charge >= 0.3 is 0 Å². The molecule has 0 spiro atoms. The molecule has 112 valence electrons. The van der Waals surface area contributed by atoms with Crippen LogP contribution >= 0.6 is 11.3 Å². The standard InChI is InChI=1S/C16H27N3S/c1-12-13(8-16(20-12)9-17-2)10-19-7-6-14-4-5-15(11-19)18(14)3/h8,14-15,17H,4-7,9-11H2,1-3H3. The molecule has 2 saturated heterocycles. The summed E-state index contributed by atoms with van der Waals surface area (Å²) in [6, 6.07) is 4.04. The minimum absolute atomic E-state index is 0.790. The second-order valence-electron chi connectivity index (χ2n) is 6.40. The highest BCUT2D eigenvalue weighted by Crippen LogP contribution is 2.30. The molecule has 2 unspecified atom stereocenters. The van der Waals surface area contributed by atoms with E-state index in [9.17, 15) is 0 Å². The van der Waals surface area contributed by atoms with Crippen molar-refractivity contribution in [3.05, 3.63) is 21.4 Å². The maximum absolute atomic E-state index is 3.26. The quantitative estimate of drug-likeness (QED) is 0.920. The van der Waals surface area contributed by atoms with Crippen LogP contribution < -0.4 is 5.32 Å². The SMILES string of the molecule is CNCc1cc(CN2CCC3CCC(C2)N3C)c(C)s1. The third-order valence-corrected chi connectivity index (χ3v) is 6.14. The molecule has 3 heterocycles. The summed E-state index contributed by atoms with van der Waals surface area (Å²) >= 11 is 1.95. The van der Waals surface area contributed by atoms with Crippen molar-refractivity contribution >= 4 is 11.3 Å². The van der Waals surface area contributed by atoms with Crippen LogP contribution in [-0.2, 0) is 13.1 Å². The number of nitrogens with zero attached hydrogens (tertiary/aromatic N) is 2. The van der Waals surface area contributed by atoms with Gasteiger partial charge in [-0.25, -0.2) is 0 Å². The normalized spacial score (nSPS) is 27.9. The van der Waals surface area contributed by atoms with Crippen LogP contribution in [0.4, 0.5) is 0 Å². The maximum Gasteiger partial charge on any atom is 0.0296 e. The zero-order chi connectivity index (χ0) is 14.1. The van der Waals surface area contributed by atoms with Crippen LogP contribution in [0.2, 0.25) is 0 Å². The van der Waals surface area contributed by atoms with Crippen molar-refractivity contribution in [2.24, 2.45) is 0 Å². The molecule has 1 aromatic rings. The molecule has 2 aliphatic rings. The first-order valence-corrected chi connectivity index (χ1v) is 8.66. The van der Waals surface area contributed by atoms with E-state index in [-0.39, 0.29) is 0 Å². The Bertz CT molecular complexity index is 457. The second kappa shape index (κ2) is 6.14. The number of fused-ring (bicyclic) bond motifs is 2. The van der Waals surface area contributed by atoms with Crippen LogP contribution in [0.5, 0.6) is 0 Å². The van der Waals surface area contributed by atoms with E-state index in [1.54, 1.807) is 5.56 Å². The molecule has 2 fully saturated rings. The molecule has 0 saturated carbocycles. The summed E-state index contributed by atoms with van der Waals surface area (Å²) in [6.45, 7) is 6.93. The fourth-order valence-electron chi connectivity index (χ4n) is 3.77. The van der Waals surface area contributed by atoms with Gasteiger partial charge in [0.2, 0.25) is 0 Å². The van der Waals surface area contributed by atoms with Crippen LogP contribution in [-0.4, -0.2) is 49.1 Å². The lowest BCUT2D eigenvalue weighted by molar-refractivity contribution is 0.214. The minimum Gasteiger partial charge on any atom is -0.315 e. The fourth-order valence-corrected chi connectivity index (χ4v) is 4.84. The molecular weight excluding hydrogens is 266 g/mol. The van der Waals surface area contributed by atoms with E-state index < -0.39 is 0 Å². The highest BCUT2D eigenvalue weighted by atomic mass is 32.1. The summed E-state index contributed by atoms with van der Waals surface area (Å²) in [4.78, 5) is 8.28. The molecule has 0 aromatic carbocycles. The Kier molecular flexibility index (Phi) is 4.46. The predicted octanol–water partition coefficient (Wildman–Crippen LogP) is 2.44. The van der Waals surface area contributed by atoms with E-state index >= 15 is 0 Å². The Labute approximate surface area is 127 Å². The second-order valence-corrected chi connectivity index (χ2v) is 7.74. The average Bonchev–Trinajstić information content (AvgIpc) is 2.85. The lowest BCUT2D eigenvalue weighted by Gasteiger charge is -2.25. The van der Waals surface area contributed by atoms with E-state index in [1.807, 2.05) is 18.4 Å². The predicted molar refractivity (Wildman–Crippen MR) is 86.3 cm³/mol. The molecule has 3 rings (SSSR count). The van der Waals surface area contributed by atoms with Crippen molar-refractivity contribution in [3.8, 4) is 0 Å². The number of likely N-dealkylation sites (N-methyl/N-ethyl adjacent to an activating group) is 1. The van der Waals surface area contributed by atoms with Gasteiger partial charge in [0.25, 0.3) is 0 Å². The number of thiophene rings is 1. The van der Waals surface area contributed by atoms with Gasteiger partial charge in [0.05, 0.1) is 0 Å². The van der Waals surface area contributed by atoms with Gasteiger partial charge in [-0.05, 0) is 51.9 Å². The molecule has 2 bridgehead atoms. The summed E-state index contributed by atoms with van der Waals surface area (Å²) < 4.78 is 0. The molecule has 2 atom stereocenters. The van der Waals surface area contributed by atoms with E-state index in [0.717, 1.165) is 25.2 Å². The lowest BCUT2D eigenvalue weighted by Crippen LogP contribution is -2.36. The summed E-state index contributed by atoms with van der Waals surface area (Å²) in [5.41, 5.74) is 1.54. The highest BCUT2D eigenvalue weighted by Gasteiger charge is 2.34. The third-order valence-electron chi connectivity index (χ3n) is 5.05. The van der Waals surface area contributed by atoms with Crippen molar-refractivity contribution in [1.29, 1.82) is 0 Å². The molecular formula is C16H27N3S. The number of hydrogen-bond donors (Lipinski definition) is 1. The minimum atomic E-state index is 0.790. The van der Waals surface area contributed by atoms with Gasteiger partial charge in [0.15, 0.2) is 0 Å². The van der Waals surface area contributed by atoms with Crippen molar-refractivity contribution < 1.29 is 0 Å². The van der Waals surface area contributed by atoms with Gasteiger partial charge < -0.3 is 5.32 Å². The fraction of sp³-hybridized carbons (Fsp3) is 0.750. The van der Waals surface area contributed by atoms with Gasteiger partial charge in [-0.3, -0.25) is 9.80 Å². The van der Waals surface area contributed by atoms with Crippen LogP contribution in [0.1, 0.15) is 34.6 Å². The third kappa shape index (κ3) is 2.93. The van der Waals surface area contributed by atoms with Crippen molar-refractivity contribution in [3.63, 3.8) is 0 Å². The molecule has 0 radical (unpaired) electrons. The van der Waals surface area contributed by atoms with E-state index in [2.05, 4.69) is 35.2 Å². The maximum atomic E-state index is 3.26. The van der Waals surface area contributed by atoms with Gasteiger partial charge in [-0.2, -0.15) is 0 Å². The van der Waals surface area contributed by atoms with Gasteiger partial charge in [-0.15, -0.1) is 11.3 Å². The summed E-state index contributed by atoms with van der Waals surface area (Å²) in [5, 5.41) is 3.26. The monoisotopic (exact) mass is 293 g/mol. The molecule has 0 amide bonds. The Balaban J connectivity index is 1.66. The topological polar surface area (TPSA) is 18.5 Å². The summed E-state index contributed by atoms with van der Waals surface area (Å²) in [6.07, 6.45) is 4.16. The molecule has 20 heavy (non-hydrogen) atoms. The first kappa shape index (κ1) is 14.5. The smallest absolute Gasteiger partial charge is 0.0296 e. The zero-order valence-corrected chi connectivity index (χ0v) is 13.8. The number of likely N-dealkylation sites (tertiary alicyclic amines) is 1. The summed E-state index contributed by atoms with van der Waals surface area (Å²) in [5.74, 6) is 0. The van der Waals surface area contributed by atoms with Crippen LogP contribution in [0.3, 0.4) is 0 Å². The average molecular weight is 293 g/mol. The van der Waals surface area contributed by atoms with Gasteiger partial charge in [0.1, 0.15) is 0 Å². The van der Waals surface area contributed by atoms with E-state index in [0.29, 0.717) is 0 Å². The van der Waals surface area contributed by atoms with Crippen LogP contribution in [0.15, 0.2) is 6.07 Å². The van der Waals surface area contributed by atoms with E-state index in [1.165, 1.54) is 42.1 Å². The molecule has 0 aliphatic carbocycles. The lowest BCUT2D eigenvalue weighted by atomic mass is 10.1. The molecule has 1 aromatic heterocycles. The van der Waals surface area contributed by atoms with Gasteiger partial charge in [0, 0.05) is 48.0 Å². The Morgan fingerprint density at radius 2 is 2.10 bits per heavy atom. The Morgan fingerprint density at radius 1 is 1.30 bits per heavy atom. The number of nitrogens with one attached hydrogen (secondary N) is 1. The molecule has 3 nitrogen and oxygen atoms in total. The first-order valence-electron chi connectivity index (χ1n) is 7.84. The Morgan fingerprint density at radius 3 is 2.90 bits per heavy atom. The van der Waals surface area contributed by atoms with Crippen LogP contribution in [0.25, 0.3) is 0 Å². The number of aryl methyl sites for hydroxylation is 1. The first-order chi connectivity index (χ1) is 9.67. The Hall–Kier alpha value is -0.420. The molecule has 4 heteroatoms. The van der Waals surface area contributed by atoms with Crippen molar-refractivity contribution in [1.82, 2.24) is 15.1 Å². The highest BCUT2D eigenvalue weighted by molar-refractivity contribution is 7.12. The molecule has 1 N–H and O–H groups in total. The van der Waals surface area contributed by atoms with Crippen LogP contribution in [0, 0.1) is 6.92 Å². The van der Waals surface area contributed by atoms with Crippen molar-refractivity contribution in [2.45, 2.75) is 51.4 Å². The van der Waals surface area contributed by atoms with Gasteiger partial charge in [-0.1, -0.05) is 0 Å². The van der Waals surface area contributed by atoms with E-state index in [4.69, 9.17) is 0 Å². The number of hydrogen-bond acceptors (Lipinski definition) is 4. The number of rotatable bonds is 4. The summed E-state index contributed by atoms with van der Waals surface area (Å²) in [7, 11) is 4.35. The largest absolute Gasteiger partial charge is 0.315 e.